The molecular formula is C18H19N5. The van der Waals surface area contributed by atoms with Crippen LogP contribution in [0.3, 0.4) is 0 Å². The number of rotatable bonds is 5. The van der Waals surface area contributed by atoms with Crippen molar-refractivity contribution in [2.45, 2.75) is 25.8 Å². The molecule has 116 valence electrons. The van der Waals surface area contributed by atoms with Crippen molar-refractivity contribution in [3.05, 3.63) is 66.0 Å². The average Bonchev–Trinajstić information content (AvgIpc) is 3.35. The van der Waals surface area contributed by atoms with Crippen LogP contribution < -0.4 is 5.32 Å². The van der Waals surface area contributed by atoms with Crippen LogP contribution in [0, 0.1) is 12.8 Å². The second-order valence-electron chi connectivity index (χ2n) is 6.05. The minimum atomic E-state index is 0.309. The van der Waals surface area contributed by atoms with Crippen LogP contribution >= 0.6 is 0 Å². The Morgan fingerprint density at radius 1 is 1.04 bits per heavy atom. The summed E-state index contributed by atoms with van der Waals surface area (Å²) in [6, 6.07) is 16.7. The molecule has 3 aromatic rings. The number of aryl methyl sites for hydroxylation is 1. The van der Waals surface area contributed by atoms with E-state index >= 15 is 0 Å². The maximum Gasteiger partial charge on any atom is 0.175 e. The van der Waals surface area contributed by atoms with Crippen molar-refractivity contribution in [1.29, 1.82) is 0 Å². The van der Waals surface area contributed by atoms with Gasteiger partial charge in [-0.25, -0.2) is 4.68 Å². The Morgan fingerprint density at radius 2 is 1.87 bits per heavy atom. The minimum absolute atomic E-state index is 0.309. The van der Waals surface area contributed by atoms with E-state index < -0.39 is 0 Å². The van der Waals surface area contributed by atoms with E-state index in [1.165, 1.54) is 18.4 Å². The second-order valence-corrected chi connectivity index (χ2v) is 6.05. The molecule has 2 heterocycles. The molecule has 1 saturated carbocycles. The lowest BCUT2D eigenvalue weighted by Crippen LogP contribution is -2.14. The molecule has 0 bridgehead atoms. The summed E-state index contributed by atoms with van der Waals surface area (Å²) in [4.78, 5) is 0. The lowest BCUT2D eigenvalue weighted by Gasteiger charge is -2.19. The first-order chi connectivity index (χ1) is 11.3. The van der Waals surface area contributed by atoms with E-state index in [9.17, 15) is 0 Å². The van der Waals surface area contributed by atoms with E-state index in [1.807, 2.05) is 37.4 Å². The maximum absolute atomic E-state index is 4.35. The quantitative estimate of drug-likeness (QED) is 0.783. The fourth-order valence-corrected chi connectivity index (χ4v) is 2.79. The summed E-state index contributed by atoms with van der Waals surface area (Å²) in [7, 11) is 0. The van der Waals surface area contributed by atoms with Gasteiger partial charge in [-0.1, -0.05) is 30.3 Å². The van der Waals surface area contributed by atoms with Gasteiger partial charge in [0.1, 0.15) is 5.82 Å². The molecule has 2 aromatic heterocycles. The molecule has 1 aliphatic rings. The van der Waals surface area contributed by atoms with E-state index in [0.717, 1.165) is 17.3 Å². The Bertz CT molecular complexity index is 775. The Labute approximate surface area is 135 Å². The van der Waals surface area contributed by atoms with Gasteiger partial charge < -0.3 is 5.32 Å². The van der Waals surface area contributed by atoms with Crippen molar-refractivity contribution in [2.24, 2.45) is 5.92 Å². The van der Waals surface area contributed by atoms with Crippen molar-refractivity contribution < 1.29 is 0 Å². The van der Waals surface area contributed by atoms with Crippen LogP contribution in [-0.4, -0.2) is 20.0 Å². The topological polar surface area (TPSA) is 55.6 Å². The number of hydrogen-bond acceptors (Lipinski definition) is 4. The first-order valence-corrected chi connectivity index (χ1v) is 7.97. The number of benzene rings is 1. The monoisotopic (exact) mass is 305 g/mol. The van der Waals surface area contributed by atoms with Crippen molar-refractivity contribution in [2.75, 3.05) is 5.32 Å². The molecular weight excluding hydrogens is 286 g/mol. The van der Waals surface area contributed by atoms with Crippen LogP contribution in [-0.2, 0) is 0 Å². The minimum Gasteiger partial charge on any atom is -0.361 e. The van der Waals surface area contributed by atoms with Gasteiger partial charge in [-0.2, -0.15) is 5.10 Å². The molecule has 1 aliphatic carbocycles. The SMILES string of the molecule is Cc1ccn(-c2ccc(NC(c3ccccc3)C3CC3)nn2)n1. The Kier molecular flexibility index (Phi) is 3.54. The molecule has 0 amide bonds. The molecule has 1 aromatic carbocycles. The van der Waals surface area contributed by atoms with E-state index in [0.29, 0.717) is 12.0 Å². The molecule has 1 fully saturated rings. The van der Waals surface area contributed by atoms with Gasteiger partial charge in [-0.3, -0.25) is 0 Å². The standard InChI is InChI=1S/C18H19N5/c1-13-11-12-23(22-13)17-10-9-16(20-21-17)19-18(15-7-8-15)14-5-3-2-4-6-14/h2-6,9-12,15,18H,7-8H2,1H3,(H,19,20). The summed E-state index contributed by atoms with van der Waals surface area (Å²) < 4.78 is 1.74. The first kappa shape index (κ1) is 13.9. The lowest BCUT2D eigenvalue weighted by molar-refractivity contribution is 0.672. The Morgan fingerprint density at radius 3 is 2.48 bits per heavy atom. The van der Waals surface area contributed by atoms with Crippen LogP contribution in [0.1, 0.15) is 30.1 Å². The third kappa shape index (κ3) is 3.08. The van der Waals surface area contributed by atoms with Crippen molar-refractivity contribution >= 4 is 5.82 Å². The summed E-state index contributed by atoms with van der Waals surface area (Å²) in [6.45, 7) is 1.96. The molecule has 0 radical (unpaired) electrons. The van der Waals surface area contributed by atoms with Gasteiger partial charge in [0.05, 0.1) is 11.7 Å². The molecule has 1 N–H and O–H groups in total. The highest BCUT2D eigenvalue weighted by Gasteiger charge is 2.32. The zero-order valence-electron chi connectivity index (χ0n) is 13.1. The summed E-state index contributed by atoms with van der Waals surface area (Å²) in [5.41, 5.74) is 2.27. The third-order valence-corrected chi connectivity index (χ3v) is 4.16. The summed E-state index contributed by atoms with van der Waals surface area (Å²) in [5, 5.41) is 16.5. The highest BCUT2D eigenvalue weighted by molar-refractivity contribution is 5.40. The molecule has 5 nitrogen and oxygen atoms in total. The van der Waals surface area contributed by atoms with Gasteiger partial charge >= 0.3 is 0 Å². The molecule has 0 spiro atoms. The van der Waals surface area contributed by atoms with Gasteiger partial charge in [0.15, 0.2) is 5.82 Å². The van der Waals surface area contributed by atoms with Crippen LogP contribution in [0.5, 0.6) is 0 Å². The summed E-state index contributed by atoms with van der Waals surface area (Å²) >= 11 is 0. The van der Waals surface area contributed by atoms with Gasteiger partial charge in [-0.05, 0) is 49.4 Å². The van der Waals surface area contributed by atoms with E-state index in [2.05, 4.69) is 44.9 Å². The zero-order valence-corrected chi connectivity index (χ0v) is 13.1. The fourth-order valence-electron chi connectivity index (χ4n) is 2.79. The van der Waals surface area contributed by atoms with Crippen LogP contribution in [0.4, 0.5) is 5.82 Å². The van der Waals surface area contributed by atoms with E-state index in [1.54, 1.807) is 4.68 Å². The lowest BCUT2D eigenvalue weighted by atomic mass is 10.0. The molecule has 4 rings (SSSR count). The largest absolute Gasteiger partial charge is 0.361 e. The average molecular weight is 305 g/mol. The summed E-state index contributed by atoms with van der Waals surface area (Å²) in [5.74, 6) is 2.22. The van der Waals surface area contributed by atoms with Crippen molar-refractivity contribution in [1.82, 2.24) is 20.0 Å². The van der Waals surface area contributed by atoms with Crippen LogP contribution in [0.15, 0.2) is 54.7 Å². The molecule has 1 atom stereocenters. The van der Waals surface area contributed by atoms with E-state index in [-0.39, 0.29) is 0 Å². The molecule has 1 unspecified atom stereocenters. The Hall–Kier alpha value is -2.69. The molecule has 5 heteroatoms. The highest BCUT2D eigenvalue weighted by atomic mass is 15.3. The predicted octanol–water partition coefficient (Wildman–Crippen LogP) is 3.53. The normalized spacial score (nSPS) is 15.3. The molecule has 0 saturated heterocycles. The number of nitrogens with one attached hydrogen (secondary N) is 1. The number of nitrogens with zero attached hydrogens (tertiary/aromatic N) is 4. The van der Waals surface area contributed by atoms with Crippen molar-refractivity contribution in [3.63, 3.8) is 0 Å². The van der Waals surface area contributed by atoms with Crippen molar-refractivity contribution in [3.8, 4) is 5.82 Å². The Balaban J connectivity index is 1.53. The van der Waals surface area contributed by atoms with Gasteiger partial charge in [-0.15, -0.1) is 10.2 Å². The van der Waals surface area contributed by atoms with Gasteiger partial charge in [0.25, 0.3) is 0 Å². The summed E-state index contributed by atoms with van der Waals surface area (Å²) in [6.07, 6.45) is 4.43. The second kappa shape index (κ2) is 5.83. The van der Waals surface area contributed by atoms with Crippen LogP contribution in [0.25, 0.3) is 5.82 Å². The predicted molar refractivity (Wildman–Crippen MR) is 89.4 cm³/mol. The molecule has 23 heavy (non-hydrogen) atoms. The van der Waals surface area contributed by atoms with Crippen LogP contribution in [0.2, 0.25) is 0 Å². The molecule has 0 aliphatic heterocycles. The van der Waals surface area contributed by atoms with Gasteiger partial charge in [0, 0.05) is 6.20 Å². The smallest absolute Gasteiger partial charge is 0.175 e. The fraction of sp³-hybridized carbons (Fsp3) is 0.278. The van der Waals surface area contributed by atoms with Gasteiger partial charge in [0.2, 0.25) is 0 Å². The van der Waals surface area contributed by atoms with E-state index in [4.69, 9.17) is 0 Å². The maximum atomic E-state index is 4.35. The first-order valence-electron chi connectivity index (χ1n) is 7.97. The highest BCUT2D eigenvalue weighted by Crippen LogP contribution is 2.42. The zero-order chi connectivity index (χ0) is 15.6. The number of anilines is 1. The third-order valence-electron chi connectivity index (χ3n) is 4.16. The number of hydrogen-bond donors (Lipinski definition) is 1. The number of aromatic nitrogens is 4.